The fraction of sp³-hybridized carbons (Fsp3) is 0. The highest BCUT2D eigenvalue weighted by atomic mass is 16.4. The highest BCUT2D eigenvalue weighted by molar-refractivity contribution is 5.69. The number of pyridine rings is 2. The molecule has 0 aliphatic rings. The number of aromatic nitrogens is 6. The van der Waals surface area contributed by atoms with Crippen molar-refractivity contribution in [2.45, 2.75) is 0 Å². The molecule has 0 spiro atoms. The maximum atomic E-state index is 6.00. The molecule has 8 nitrogen and oxygen atoms in total. The molecule has 0 unspecified atom stereocenters. The summed E-state index contributed by atoms with van der Waals surface area (Å²) >= 11 is 0. The summed E-state index contributed by atoms with van der Waals surface area (Å²) in [5, 5.41) is 17.0. The lowest BCUT2D eigenvalue weighted by Crippen LogP contribution is -1.91. The van der Waals surface area contributed by atoms with Crippen molar-refractivity contribution in [2.24, 2.45) is 0 Å². The quantitative estimate of drug-likeness (QED) is 0.180. The Labute approximate surface area is 264 Å². The monoisotopic (exact) mass is 596 g/mol. The van der Waals surface area contributed by atoms with Crippen LogP contribution in [0.4, 0.5) is 0 Å². The number of benzene rings is 4. The van der Waals surface area contributed by atoms with Crippen LogP contribution in [0.25, 0.3) is 79.6 Å². The van der Waals surface area contributed by atoms with E-state index in [9.17, 15) is 0 Å². The molecule has 0 atom stereocenters. The molecule has 0 fully saturated rings. The fourth-order valence-electron chi connectivity index (χ4n) is 5.14. The Bertz CT molecular complexity index is 2230. The Morgan fingerprint density at radius 1 is 0.304 bits per heavy atom. The van der Waals surface area contributed by atoms with Crippen LogP contribution < -0.4 is 0 Å². The minimum absolute atomic E-state index is 0.329. The third kappa shape index (κ3) is 5.46. The second kappa shape index (κ2) is 11.9. The molecule has 0 aliphatic carbocycles. The molecule has 0 aliphatic heterocycles. The summed E-state index contributed by atoms with van der Waals surface area (Å²) in [5.41, 5.74) is 8.83. The Kier molecular flexibility index (Phi) is 6.97. The Balaban J connectivity index is 0.977. The number of nitrogens with zero attached hydrogens (tertiary/aromatic N) is 6. The molecule has 8 rings (SSSR count). The van der Waals surface area contributed by atoms with Crippen LogP contribution in [-0.2, 0) is 0 Å². The van der Waals surface area contributed by atoms with Crippen molar-refractivity contribution in [1.29, 1.82) is 0 Å². The normalized spacial score (nSPS) is 11.0. The highest BCUT2D eigenvalue weighted by Gasteiger charge is 2.15. The molecule has 4 aromatic heterocycles. The molecule has 46 heavy (non-hydrogen) atoms. The van der Waals surface area contributed by atoms with Gasteiger partial charge in [0.05, 0.1) is 17.0 Å². The molecule has 4 heterocycles. The van der Waals surface area contributed by atoms with Gasteiger partial charge in [-0.2, -0.15) is 0 Å². The van der Waals surface area contributed by atoms with E-state index in [4.69, 9.17) is 13.8 Å². The van der Waals surface area contributed by atoms with E-state index in [1.807, 2.05) is 115 Å². The Morgan fingerprint density at radius 2 is 0.739 bits per heavy atom. The van der Waals surface area contributed by atoms with Gasteiger partial charge in [0.25, 0.3) is 5.89 Å². The van der Waals surface area contributed by atoms with E-state index in [0.29, 0.717) is 46.2 Å². The first kappa shape index (κ1) is 27.0. The van der Waals surface area contributed by atoms with Crippen LogP contribution >= 0.6 is 0 Å². The van der Waals surface area contributed by atoms with Gasteiger partial charge in [0.2, 0.25) is 17.7 Å². The summed E-state index contributed by atoms with van der Waals surface area (Å²) in [6, 6.07) is 45.9. The van der Waals surface area contributed by atoms with E-state index >= 15 is 0 Å². The minimum Gasteiger partial charge on any atom is -0.416 e. The van der Waals surface area contributed by atoms with Crippen LogP contribution in [0.5, 0.6) is 0 Å². The van der Waals surface area contributed by atoms with Crippen LogP contribution in [0.1, 0.15) is 0 Å². The topological polar surface area (TPSA) is 104 Å². The summed E-state index contributed by atoms with van der Waals surface area (Å²) in [4.78, 5) is 9.36. The summed E-state index contributed by atoms with van der Waals surface area (Å²) in [6.45, 7) is 0. The van der Waals surface area contributed by atoms with E-state index < -0.39 is 0 Å². The maximum absolute atomic E-state index is 6.00. The molecule has 0 N–H and O–H groups in total. The Morgan fingerprint density at radius 3 is 1.28 bits per heavy atom. The van der Waals surface area contributed by atoms with Gasteiger partial charge in [-0.25, -0.2) is 4.98 Å². The van der Waals surface area contributed by atoms with Gasteiger partial charge in [0, 0.05) is 17.3 Å². The summed E-state index contributed by atoms with van der Waals surface area (Å²) < 4.78 is 12.0. The average Bonchev–Trinajstić information content (AvgIpc) is 3.84. The minimum atomic E-state index is 0.329. The molecule has 218 valence electrons. The van der Waals surface area contributed by atoms with Crippen molar-refractivity contribution in [3.8, 4) is 79.6 Å². The summed E-state index contributed by atoms with van der Waals surface area (Å²) in [6.07, 6.45) is 1.70. The van der Waals surface area contributed by atoms with Crippen molar-refractivity contribution >= 4 is 0 Å². The zero-order valence-electron chi connectivity index (χ0n) is 24.4. The van der Waals surface area contributed by atoms with Gasteiger partial charge >= 0.3 is 0 Å². The van der Waals surface area contributed by atoms with Crippen molar-refractivity contribution in [2.75, 3.05) is 0 Å². The van der Waals surface area contributed by atoms with Gasteiger partial charge in [-0.3, -0.25) is 4.98 Å². The third-order valence-electron chi connectivity index (χ3n) is 7.57. The summed E-state index contributed by atoms with van der Waals surface area (Å²) in [7, 11) is 0. The number of hydrogen-bond acceptors (Lipinski definition) is 8. The molecule has 0 saturated heterocycles. The third-order valence-corrected chi connectivity index (χ3v) is 7.57. The largest absolute Gasteiger partial charge is 0.416 e. The zero-order chi connectivity index (χ0) is 30.7. The number of rotatable bonds is 7. The predicted molar refractivity (Wildman–Crippen MR) is 176 cm³/mol. The lowest BCUT2D eigenvalue weighted by atomic mass is 10.0. The van der Waals surface area contributed by atoms with Gasteiger partial charge in [0.1, 0.15) is 5.69 Å². The molecule has 4 aromatic carbocycles. The first-order valence-corrected chi connectivity index (χ1v) is 14.7. The maximum Gasteiger partial charge on any atom is 0.266 e. The molecule has 0 radical (unpaired) electrons. The smallest absolute Gasteiger partial charge is 0.266 e. The second-order valence-corrected chi connectivity index (χ2v) is 10.6. The SMILES string of the molecule is c1ccc(-c2ccc(-c3nnc(-c4ccc(-c5cccc(-c6nnc(-c7ccc(-c8ccccc8)cc7)o6)n5)nc4)o3)cc2)cc1. The molecule has 0 amide bonds. The van der Waals surface area contributed by atoms with Gasteiger partial charge in [0.15, 0.2) is 0 Å². The van der Waals surface area contributed by atoms with Gasteiger partial charge < -0.3 is 8.83 Å². The fourth-order valence-corrected chi connectivity index (χ4v) is 5.14. The summed E-state index contributed by atoms with van der Waals surface area (Å²) in [5.74, 6) is 1.59. The first-order chi connectivity index (χ1) is 22.8. The molecular weight excluding hydrogens is 572 g/mol. The van der Waals surface area contributed by atoms with Gasteiger partial charge in [-0.05, 0) is 70.8 Å². The van der Waals surface area contributed by atoms with Crippen LogP contribution in [0.15, 0.2) is 155 Å². The molecule has 8 heteroatoms. The van der Waals surface area contributed by atoms with Crippen molar-refractivity contribution in [3.05, 3.63) is 146 Å². The standard InChI is InChI=1S/C38H24N6O2/c1-3-8-25(9-4-1)27-14-18-29(19-15-27)35-41-43-37(45-35)31-22-23-32(39-24-31)33-12-7-13-34(40-33)38-44-42-36(46-38)30-20-16-28(17-21-30)26-10-5-2-6-11-26/h1-24H. The second-order valence-electron chi connectivity index (χ2n) is 10.6. The molecular formula is C38H24N6O2. The van der Waals surface area contributed by atoms with E-state index in [2.05, 4.69) is 49.6 Å². The van der Waals surface area contributed by atoms with E-state index in [1.54, 1.807) is 6.20 Å². The van der Waals surface area contributed by atoms with Crippen LogP contribution in [0, 0.1) is 0 Å². The highest BCUT2D eigenvalue weighted by Crippen LogP contribution is 2.29. The molecule has 8 aromatic rings. The van der Waals surface area contributed by atoms with Gasteiger partial charge in [-0.1, -0.05) is 91.0 Å². The lowest BCUT2D eigenvalue weighted by molar-refractivity contribution is 0.582. The van der Waals surface area contributed by atoms with E-state index in [0.717, 1.165) is 33.4 Å². The molecule has 0 saturated carbocycles. The van der Waals surface area contributed by atoms with E-state index in [-0.39, 0.29) is 0 Å². The van der Waals surface area contributed by atoms with Crippen molar-refractivity contribution in [3.63, 3.8) is 0 Å². The predicted octanol–water partition coefficient (Wildman–Crippen LogP) is 8.91. The zero-order valence-corrected chi connectivity index (χ0v) is 24.4. The lowest BCUT2D eigenvalue weighted by Gasteiger charge is -2.03. The van der Waals surface area contributed by atoms with E-state index in [1.165, 1.54) is 0 Å². The first-order valence-electron chi connectivity index (χ1n) is 14.7. The average molecular weight is 597 g/mol. The van der Waals surface area contributed by atoms with Gasteiger partial charge in [-0.15, -0.1) is 20.4 Å². The van der Waals surface area contributed by atoms with Crippen molar-refractivity contribution < 1.29 is 8.83 Å². The van der Waals surface area contributed by atoms with Crippen LogP contribution in [0.2, 0.25) is 0 Å². The van der Waals surface area contributed by atoms with Crippen LogP contribution in [-0.4, -0.2) is 30.4 Å². The van der Waals surface area contributed by atoms with Crippen molar-refractivity contribution in [1.82, 2.24) is 30.4 Å². The number of hydrogen-bond donors (Lipinski definition) is 0. The van der Waals surface area contributed by atoms with Crippen LogP contribution in [0.3, 0.4) is 0 Å². The Hall–Kier alpha value is -6.54. The molecule has 0 bridgehead atoms.